The number of rotatable bonds is 5. The maximum atomic E-state index is 6.04. The van der Waals surface area contributed by atoms with E-state index < -0.39 is 0 Å². The molecule has 3 nitrogen and oxygen atoms in total. The third-order valence-corrected chi connectivity index (χ3v) is 3.61. The van der Waals surface area contributed by atoms with Gasteiger partial charge in [0.2, 0.25) is 0 Å². The van der Waals surface area contributed by atoms with Gasteiger partial charge in [0.15, 0.2) is 11.5 Å². The van der Waals surface area contributed by atoms with Gasteiger partial charge in [0.25, 0.3) is 0 Å². The maximum absolute atomic E-state index is 6.04. The second kappa shape index (κ2) is 6.78. The number of alkyl halides is 1. The van der Waals surface area contributed by atoms with Crippen molar-refractivity contribution in [2.75, 3.05) is 7.11 Å². The van der Waals surface area contributed by atoms with Gasteiger partial charge in [-0.05, 0) is 23.8 Å². The van der Waals surface area contributed by atoms with Gasteiger partial charge in [0, 0.05) is 23.3 Å². The van der Waals surface area contributed by atoms with Crippen LogP contribution in [0, 0.1) is 0 Å². The minimum atomic E-state index is 0.378. The van der Waals surface area contributed by atoms with Crippen molar-refractivity contribution >= 4 is 27.5 Å². The van der Waals surface area contributed by atoms with E-state index in [4.69, 9.17) is 21.1 Å². The molecule has 1 aromatic carbocycles. The summed E-state index contributed by atoms with van der Waals surface area (Å²) in [5.41, 5.74) is 2.01. The standard InChI is InChI=1S/C14H13BrClNO2/c1-18-13-3-2-10(7-15)6-14(13)19-9-11-4-5-17-8-12(11)16/h2-6,8H,7,9H2,1H3. The number of pyridine rings is 1. The van der Waals surface area contributed by atoms with Crippen LogP contribution in [0.4, 0.5) is 0 Å². The van der Waals surface area contributed by atoms with Gasteiger partial charge < -0.3 is 9.47 Å². The number of halogens is 2. The molecule has 2 rings (SSSR count). The van der Waals surface area contributed by atoms with Crippen LogP contribution >= 0.6 is 27.5 Å². The topological polar surface area (TPSA) is 31.4 Å². The zero-order chi connectivity index (χ0) is 13.7. The van der Waals surface area contributed by atoms with Crippen molar-refractivity contribution < 1.29 is 9.47 Å². The molecule has 0 atom stereocenters. The van der Waals surface area contributed by atoms with Gasteiger partial charge in [0.1, 0.15) is 6.61 Å². The van der Waals surface area contributed by atoms with Crippen LogP contribution in [-0.2, 0) is 11.9 Å². The predicted molar refractivity (Wildman–Crippen MR) is 79.2 cm³/mol. The normalized spacial score (nSPS) is 10.3. The van der Waals surface area contributed by atoms with Crippen molar-refractivity contribution in [3.8, 4) is 11.5 Å². The van der Waals surface area contributed by atoms with Crippen molar-refractivity contribution in [1.29, 1.82) is 0 Å². The lowest BCUT2D eigenvalue weighted by Crippen LogP contribution is -1.99. The van der Waals surface area contributed by atoms with Crippen LogP contribution < -0.4 is 9.47 Å². The highest BCUT2D eigenvalue weighted by Crippen LogP contribution is 2.30. The lowest BCUT2D eigenvalue weighted by molar-refractivity contribution is 0.284. The monoisotopic (exact) mass is 341 g/mol. The molecule has 0 saturated carbocycles. The molecule has 1 aromatic heterocycles. The van der Waals surface area contributed by atoms with E-state index in [1.165, 1.54) is 0 Å². The van der Waals surface area contributed by atoms with Crippen molar-refractivity contribution in [3.05, 3.63) is 52.8 Å². The highest BCUT2D eigenvalue weighted by atomic mass is 79.9. The minimum Gasteiger partial charge on any atom is -0.493 e. The molecule has 0 amide bonds. The van der Waals surface area contributed by atoms with E-state index in [0.717, 1.165) is 16.5 Å². The maximum Gasteiger partial charge on any atom is 0.161 e. The quantitative estimate of drug-likeness (QED) is 0.763. The molecule has 0 aliphatic carbocycles. The molecule has 1 heterocycles. The van der Waals surface area contributed by atoms with E-state index in [1.807, 2.05) is 24.3 Å². The molecule has 0 aliphatic rings. The van der Waals surface area contributed by atoms with E-state index in [9.17, 15) is 0 Å². The van der Waals surface area contributed by atoms with E-state index in [0.29, 0.717) is 23.1 Å². The number of methoxy groups -OCH3 is 1. The molecule has 0 unspecified atom stereocenters. The molecule has 0 N–H and O–H groups in total. The molecule has 0 fully saturated rings. The highest BCUT2D eigenvalue weighted by Gasteiger charge is 2.07. The van der Waals surface area contributed by atoms with Crippen LogP contribution in [0.1, 0.15) is 11.1 Å². The summed E-state index contributed by atoms with van der Waals surface area (Å²) in [6.45, 7) is 0.378. The Morgan fingerprint density at radius 3 is 2.79 bits per heavy atom. The smallest absolute Gasteiger partial charge is 0.161 e. The summed E-state index contributed by atoms with van der Waals surface area (Å²) in [7, 11) is 1.62. The van der Waals surface area contributed by atoms with Crippen molar-refractivity contribution in [2.24, 2.45) is 0 Å². The Morgan fingerprint density at radius 2 is 2.11 bits per heavy atom. The average molecular weight is 343 g/mol. The molecule has 19 heavy (non-hydrogen) atoms. The molecule has 0 radical (unpaired) electrons. The number of benzene rings is 1. The summed E-state index contributed by atoms with van der Waals surface area (Å²) in [5, 5.41) is 1.36. The Labute approximate surface area is 125 Å². The average Bonchev–Trinajstić information content (AvgIpc) is 2.46. The molecule has 0 saturated heterocycles. The first-order valence-corrected chi connectivity index (χ1v) is 7.18. The summed E-state index contributed by atoms with van der Waals surface area (Å²) < 4.78 is 11.1. The molecular formula is C14H13BrClNO2. The predicted octanol–water partition coefficient (Wildman–Crippen LogP) is 4.22. The zero-order valence-corrected chi connectivity index (χ0v) is 12.7. The minimum absolute atomic E-state index is 0.378. The largest absolute Gasteiger partial charge is 0.493 e. The summed E-state index contributed by atoms with van der Waals surface area (Å²) in [4.78, 5) is 3.94. The molecule has 2 aromatic rings. The summed E-state index contributed by atoms with van der Waals surface area (Å²) in [6, 6.07) is 7.66. The first kappa shape index (κ1) is 14.2. The second-order valence-electron chi connectivity index (χ2n) is 3.87. The number of hydrogen-bond donors (Lipinski definition) is 0. The van der Waals surface area contributed by atoms with Gasteiger partial charge in [-0.15, -0.1) is 0 Å². The number of hydrogen-bond acceptors (Lipinski definition) is 3. The van der Waals surface area contributed by atoms with Crippen LogP contribution in [0.25, 0.3) is 0 Å². The molecule has 0 spiro atoms. The first-order chi connectivity index (χ1) is 9.24. The molecular weight excluding hydrogens is 330 g/mol. The van der Waals surface area contributed by atoms with Gasteiger partial charge >= 0.3 is 0 Å². The third-order valence-electron chi connectivity index (χ3n) is 2.62. The second-order valence-corrected chi connectivity index (χ2v) is 4.84. The van der Waals surface area contributed by atoms with Crippen molar-refractivity contribution in [2.45, 2.75) is 11.9 Å². The Kier molecular flexibility index (Phi) is 5.05. The summed E-state index contributed by atoms with van der Waals surface area (Å²) >= 11 is 9.46. The molecule has 0 bridgehead atoms. The van der Waals surface area contributed by atoms with E-state index in [-0.39, 0.29) is 0 Å². The van der Waals surface area contributed by atoms with E-state index in [1.54, 1.807) is 19.5 Å². The molecule has 100 valence electrons. The van der Waals surface area contributed by atoms with Crippen molar-refractivity contribution in [3.63, 3.8) is 0 Å². The fourth-order valence-electron chi connectivity index (χ4n) is 1.59. The molecule has 0 aliphatic heterocycles. The SMILES string of the molecule is COc1ccc(CBr)cc1OCc1ccncc1Cl. The molecule has 5 heteroatoms. The van der Waals surface area contributed by atoms with E-state index in [2.05, 4.69) is 20.9 Å². The first-order valence-electron chi connectivity index (χ1n) is 5.68. The van der Waals surface area contributed by atoms with Crippen molar-refractivity contribution in [1.82, 2.24) is 4.98 Å². The van der Waals surface area contributed by atoms with Gasteiger partial charge in [0.05, 0.1) is 12.1 Å². The van der Waals surface area contributed by atoms with Gasteiger partial charge in [-0.3, -0.25) is 4.98 Å². The third kappa shape index (κ3) is 3.61. The fraction of sp³-hybridized carbons (Fsp3) is 0.214. The summed E-state index contributed by atoms with van der Waals surface area (Å²) in [5.74, 6) is 1.40. The number of nitrogens with zero attached hydrogens (tertiary/aromatic N) is 1. The van der Waals surface area contributed by atoms with Crippen LogP contribution in [0.3, 0.4) is 0 Å². The van der Waals surface area contributed by atoms with Crippen LogP contribution in [0.2, 0.25) is 5.02 Å². The van der Waals surface area contributed by atoms with Crippen LogP contribution in [-0.4, -0.2) is 12.1 Å². The van der Waals surface area contributed by atoms with Crippen LogP contribution in [0.5, 0.6) is 11.5 Å². The number of aromatic nitrogens is 1. The lowest BCUT2D eigenvalue weighted by atomic mass is 10.2. The van der Waals surface area contributed by atoms with E-state index >= 15 is 0 Å². The van der Waals surface area contributed by atoms with Gasteiger partial charge in [-0.2, -0.15) is 0 Å². The van der Waals surface area contributed by atoms with Crippen LogP contribution in [0.15, 0.2) is 36.7 Å². The Balaban J connectivity index is 2.16. The summed E-state index contributed by atoms with van der Waals surface area (Å²) in [6.07, 6.45) is 3.29. The fourth-order valence-corrected chi connectivity index (χ4v) is 2.12. The highest BCUT2D eigenvalue weighted by molar-refractivity contribution is 9.08. The van der Waals surface area contributed by atoms with Gasteiger partial charge in [-0.1, -0.05) is 33.6 Å². The Morgan fingerprint density at radius 1 is 1.26 bits per heavy atom. The Bertz CT molecular complexity index is 563. The zero-order valence-electron chi connectivity index (χ0n) is 10.4. The lowest BCUT2D eigenvalue weighted by Gasteiger charge is -2.12. The van der Waals surface area contributed by atoms with Gasteiger partial charge in [-0.25, -0.2) is 0 Å². The number of ether oxygens (including phenoxy) is 2. The Hall–Kier alpha value is -1.26.